The molecule has 6 aromatic rings. The van der Waals surface area contributed by atoms with Crippen LogP contribution in [0.25, 0.3) is 39.3 Å². The number of carbonyl (C=O) groups is 1. The second-order valence-corrected chi connectivity index (χ2v) is 10.0. The van der Waals surface area contributed by atoms with Crippen LogP contribution in [0.15, 0.2) is 55.5 Å². The standard InChI is InChI=1S/C26H23N11O/c38-26(23-31-13-32-35-23)36-16-2-3-17(36)10-15(9-16)21-18-5-6-29-24(18)37-25(34-21)19(12-33-37)14-1-4-20(30-11-14)22-27-7-8-28-22/h1,4-8,11-13,15-17,29H,2-3,9-10H2,(H,27,28)(H,31,32,35)/t15?,16-,17+. The van der Waals surface area contributed by atoms with Crippen molar-refractivity contribution in [1.82, 2.24) is 54.6 Å². The lowest BCUT2D eigenvalue weighted by atomic mass is 9.86. The average molecular weight is 506 g/mol. The fourth-order valence-electron chi connectivity index (χ4n) is 6.31. The lowest BCUT2D eigenvalue weighted by molar-refractivity contribution is 0.0558. The Morgan fingerprint density at radius 1 is 0.974 bits per heavy atom. The topological polar surface area (TPSA) is 149 Å². The lowest BCUT2D eigenvalue weighted by Crippen LogP contribution is -2.46. The van der Waals surface area contributed by atoms with Crippen LogP contribution in [-0.4, -0.2) is 72.6 Å². The normalized spacial score (nSPS) is 21.1. The van der Waals surface area contributed by atoms with Crippen LogP contribution in [0, 0.1) is 0 Å². The molecule has 1 amide bonds. The third kappa shape index (κ3) is 3.12. The number of rotatable bonds is 4. The van der Waals surface area contributed by atoms with Gasteiger partial charge in [-0.25, -0.2) is 15.0 Å². The van der Waals surface area contributed by atoms with E-state index in [-0.39, 0.29) is 23.9 Å². The van der Waals surface area contributed by atoms with E-state index in [1.807, 2.05) is 40.1 Å². The number of amides is 1. The van der Waals surface area contributed by atoms with E-state index in [9.17, 15) is 4.79 Å². The number of nitrogens with zero attached hydrogens (tertiary/aromatic N) is 8. The summed E-state index contributed by atoms with van der Waals surface area (Å²) < 4.78 is 1.87. The summed E-state index contributed by atoms with van der Waals surface area (Å²) in [6.07, 6.45) is 14.2. The summed E-state index contributed by atoms with van der Waals surface area (Å²) >= 11 is 0. The highest BCUT2D eigenvalue weighted by atomic mass is 16.2. The highest BCUT2D eigenvalue weighted by molar-refractivity contribution is 5.91. The van der Waals surface area contributed by atoms with Crippen LogP contribution >= 0.6 is 0 Å². The predicted octanol–water partition coefficient (Wildman–Crippen LogP) is 3.33. The number of aromatic amines is 3. The summed E-state index contributed by atoms with van der Waals surface area (Å²) in [5.41, 5.74) is 5.39. The first-order valence-electron chi connectivity index (χ1n) is 12.7. The number of pyridine rings is 1. The Balaban J connectivity index is 1.17. The molecule has 0 saturated carbocycles. The van der Waals surface area contributed by atoms with Gasteiger partial charge in [0.25, 0.3) is 5.91 Å². The van der Waals surface area contributed by atoms with Gasteiger partial charge in [-0.2, -0.15) is 14.7 Å². The fraction of sp³-hybridized carbons (Fsp3) is 0.269. The van der Waals surface area contributed by atoms with Crippen molar-refractivity contribution in [3.05, 3.63) is 67.0 Å². The zero-order valence-corrected chi connectivity index (χ0v) is 20.2. The number of aromatic nitrogens is 10. The molecule has 3 N–H and O–H groups in total. The van der Waals surface area contributed by atoms with E-state index in [1.54, 1.807) is 12.4 Å². The molecule has 8 rings (SSSR count). The van der Waals surface area contributed by atoms with E-state index >= 15 is 0 Å². The molecule has 2 fully saturated rings. The number of hydrogen-bond acceptors (Lipinski definition) is 7. The van der Waals surface area contributed by atoms with Gasteiger partial charge in [-0.1, -0.05) is 6.07 Å². The molecular weight excluding hydrogens is 482 g/mol. The molecule has 2 aliphatic heterocycles. The number of hydrogen-bond donors (Lipinski definition) is 3. The molecule has 8 heterocycles. The first-order chi connectivity index (χ1) is 18.7. The zero-order chi connectivity index (χ0) is 25.2. The molecular formula is C26H23N11O. The Bertz CT molecular complexity index is 1750. The quantitative estimate of drug-likeness (QED) is 0.333. The van der Waals surface area contributed by atoms with Gasteiger partial charge in [0.2, 0.25) is 5.82 Å². The summed E-state index contributed by atoms with van der Waals surface area (Å²) in [5, 5.41) is 12.3. The van der Waals surface area contributed by atoms with Gasteiger partial charge in [0.05, 0.1) is 11.9 Å². The summed E-state index contributed by atoms with van der Waals surface area (Å²) in [6, 6.07) is 6.37. The molecule has 0 aromatic carbocycles. The number of piperidine rings is 1. The smallest absolute Gasteiger partial charge is 0.291 e. The maximum absolute atomic E-state index is 13.1. The van der Waals surface area contributed by atoms with E-state index in [4.69, 9.17) is 4.98 Å². The molecule has 0 aliphatic carbocycles. The molecule has 2 aliphatic rings. The molecule has 3 atom stereocenters. The molecule has 2 bridgehead atoms. The van der Waals surface area contributed by atoms with Crippen molar-refractivity contribution >= 4 is 22.6 Å². The first-order valence-corrected chi connectivity index (χ1v) is 12.7. The first kappa shape index (κ1) is 21.2. The van der Waals surface area contributed by atoms with Crippen molar-refractivity contribution in [2.75, 3.05) is 0 Å². The fourth-order valence-corrected chi connectivity index (χ4v) is 6.31. The Morgan fingerprint density at radius 3 is 2.61 bits per heavy atom. The van der Waals surface area contributed by atoms with Crippen LogP contribution in [0.3, 0.4) is 0 Å². The van der Waals surface area contributed by atoms with E-state index in [2.05, 4.69) is 46.3 Å². The van der Waals surface area contributed by atoms with E-state index in [0.717, 1.165) is 70.7 Å². The highest BCUT2D eigenvalue weighted by Crippen LogP contribution is 2.45. The minimum Gasteiger partial charge on any atom is -0.346 e. The van der Waals surface area contributed by atoms with Crippen LogP contribution < -0.4 is 0 Å². The van der Waals surface area contributed by atoms with Crippen LogP contribution in [0.5, 0.6) is 0 Å². The Labute approximate surface area is 215 Å². The van der Waals surface area contributed by atoms with Crippen molar-refractivity contribution in [1.29, 1.82) is 0 Å². The van der Waals surface area contributed by atoms with Gasteiger partial charge in [-0.05, 0) is 37.8 Å². The van der Waals surface area contributed by atoms with Gasteiger partial charge >= 0.3 is 0 Å². The largest absolute Gasteiger partial charge is 0.346 e. The molecule has 2 saturated heterocycles. The number of fused-ring (bicyclic) bond motifs is 5. The Kier molecular flexibility index (Phi) is 4.51. The van der Waals surface area contributed by atoms with Gasteiger partial charge in [-0.3, -0.25) is 14.9 Å². The van der Waals surface area contributed by atoms with E-state index in [0.29, 0.717) is 5.82 Å². The van der Waals surface area contributed by atoms with Gasteiger partial charge in [0, 0.05) is 59.3 Å². The molecule has 188 valence electrons. The molecule has 6 aromatic heterocycles. The molecule has 1 unspecified atom stereocenters. The van der Waals surface area contributed by atoms with E-state index in [1.165, 1.54) is 6.33 Å². The third-order valence-corrected chi connectivity index (χ3v) is 7.97. The molecule has 0 spiro atoms. The van der Waals surface area contributed by atoms with Gasteiger partial charge in [-0.15, -0.1) is 0 Å². The van der Waals surface area contributed by atoms with Crippen LogP contribution in [0.1, 0.15) is 47.9 Å². The zero-order valence-electron chi connectivity index (χ0n) is 20.2. The molecule has 12 nitrogen and oxygen atoms in total. The number of imidazole rings is 1. The minimum absolute atomic E-state index is 0.0628. The van der Waals surface area contributed by atoms with Gasteiger partial charge in [0.15, 0.2) is 11.5 Å². The average Bonchev–Trinajstić information content (AvgIpc) is 3.77. The maximum atomic E-state index is 13.1. The maximum Gasteiger partial charge on any atom is 0.291 e. The lowest BCUT2D eigenvalue weighted by Gasteiger charge is -2.38. The molecule has 38 heavy (non-hydrogen) atoms. The van der Waals surface area contributed by atoms with Crippen molar-refractivity contribution in [3.8, 4) is 22.6 Å². The second kappa shape index (κ2) is 8.07. The Morgan fingerprint density at radius 2 is 1.87 bits per heavy atom. The highest BCUT2D eigenvalue weighted by Gasteiger charge is 2.45. The number of H-pyrrole nitrogens is 3. The van der Waals surface area contributed by atoms with Gasteiger partial charge < -0.3 is 14.9 Å². The Hall–Kier alpha value is -4.87. The summed E-state index contributed by atoms with van der Waals surface area (Å²) in [7, 11) is 0. The molecule has 0 radical (unpaired) electrons. The van der Waals surface area contributed by atoms with E-state index < -0.39 is 0 Å². The monoisotopic (exact) mass is 505 g/mol. The SMILES string of the molecule is O=C(c1ncn[nH]1)N1[C@@H]2CC[C@H]1CC(c1nc3c(-c4ccc(-c5ncc[nH]5)nc4)cnn3c3[nH]ccc13)C2. The van der Waals surface area contributed by atoms with Crippen molar-refractivity contribution in [2.24, 2.45) is 0 Å². The minimum atomic E-state index is -0.0628. The number of nitrogens with one attached hydrogen (secondary N) is 3. The summed E-state index contributed by atoms with van der Waals surface area (Å²) in [4.78, 5) is 39.8. The van der Waals surface area contributed by atoms with Crippen LogP contribution in [-0.2, 0) is 0 Å². The predicted molar refractivity (Wildman–Crippen MR) is 137 cm³/mol. The third-order valence-electron chi connectivity index (χ3n) is 7.97. The van der Waals surface area contributed by atoms with Crippen molar-refractivity contribution in [3.63, 3.8) is 0 Å². The van der Waals surface area contributed by atoms with Gasteiger partial charge in [0.1, 0.15) is 17.7 Å². The van der Waals surface area contributed by atoms with Crippen molar-refractivity contribution < 1.29 is 4.79 Å². The van der Waals surface area contributed by atoms with Crippen LogP contribution in [0.2, 0.25) is 0 Å². The molecule has 12 heteroatoms. The summed E-state index contributed by atoms with van der Waals surface area (Å²) in [5.74, 6) is 1.21. The van der Waals surface area contributed by atoms with Crippen LogP contribution in [0.4, 0.5) is 0 Å². The van der Waals surface area contributed by atoms with Crippen molar-refractivity contribution in [2.45, 2.75) is 43.7 Å². The second-order valence-electron chi connectivity index (χ2n) is 10.0. The number of carbonyl (C=O) groups excluding carboxylic acids is 1. The summed E-state index contributed by atoms with van der Waals surface area (Å²) in [6.45, 7) is 0.